The molecule has 2 unspecified atom stereocenters. The average Bonchev–Trinajstić information content (AvgIpc) is 3.35. The SMILES string of the molecule is COc1cccc(F)c1C1=CNC(c2cc(C)cc(N3CCC(N)(CO)C3)n2)C1. The van der Waals surface area contributed by atoms with Crippen molar-refractivity contribution in [1.29, 1.82) is 0 Å². The van der Waals surface area contributed by atoms with Crippen molar-refractivity contribution in [3.05, 3.63) is 59.2 Å². The maximum absolute atomic E-state index is 14.5. The summed E-state index contributed by atoms with van der Waals surface area (Å²) in [5.41, 5.74) is 9.00. The molecule has 1 aromatic carbocycles. The number of rotatable bonds is 5. The summed E-state index contributed by atoms with van der Waals surface area (Å²) in [5, 5.41) is 12.9. The topological polar surface area (TPSA) is 83.6 Å². The second-order valence-corrected chi connectivity index (χ2v) is 8.03. The van der Waals surface area contributed by atoms with Gasteiger partial charge in [-0.1, -0.05) is 6.07 Å². The van der Waals surface area contributed by atoms with Crippen LogP contribution in [0.3, 0.4) is 0 Å². The number of aliphatic hydroxyl groups excluding tert-OH is 1. The Balaban J connectivity index is 1.56. The van der Waals surface area contributed by atoms with Crippen LogP contribution in [0.1, 0.15) is 35.7 Å². The average molecular weight is 398 g/mol. The van der Waals surface area contributed by atoms with Crippen molar-refractivity contribution in [2.24, 2.45) is 5.73 Å². The van der Waals surface area contributed by atoms with E-state index in [1.54, 1.807) is 19.2 Å². The van der Waals surface area contributed by atoms with Gasteiger partial charge in [-0.2, -0.15) is 0 Å². The van der Waals surface area contributed by atoms with Gasteiger partial charge in [0.1, 0.15) is 17.4 Å². The van der Waals surface area contributed by atoms with Crippen molar-refractivity contribution < 1.29 is 14.2 Å². The summed E-state index contributed by atoms with van der Waals surface area (Å²) in [5.74, 6) is 1.09. The second-order valence-electron chi connectivity index (χ2n) is 8.03. The molecule has 29 heavy (non-hydrogen) atoms. The van der Waals surface area contributed by atoms with Gasteiger partial charge in [-0.15, -0.1) is 0 Å². The minimum Gasteiger partial charge on any atom is -0.496 e. The molecule has 2 aliphatic rings. The largest absolute Gasteiger partial charge is 0.496 e. The van der Waals surface area contributed by atoms with Crippen molar-refractivity contribution in [2.45, 2.75) is 31.3 Å². The van der Waals surface area contributed by atoms with Gasteiger partial charge in [-0.3, -0.25) is 0 Å². The molecule has 0 saturated carbocycles. The lowest BCUT2D eigenvalue weighted by molar-refractivity contribution is 0.210. The van der Waals surface area contributed by atoms with Crippen molar-refractivity contribution in [2.75, 3.05) is 31.7 Å². The van der Waals surface area contributed by atoms with E-state index in [1.807, 2.05) is 25.3 Å². The van der Waals surface area contributed by atoms with E-state index >= 15 is 0 Å². The fourth-order valence-corrected chi connectivity index (χ4v) is 4.13. The molecule has 0 bridgehead atoms. The predicted octanol–water partition coefficient (Wildman–Crippen LogP) is 2.51. The first-order valence-corrected chi connectivity index (χ1v) is 9.84. The first kappa shape index (κ1) is 19.7. The van der Waals surface area contributed by atoms with Gasteiger partial charge in [0.25, 0.3) is 0 Å². The van der Waals surface area contributed by atoms with Crippen LogP contribution in [0.2, 0.25) is 0 Å². The van der Waals surface area contributed by atoms with Crippen molar-refractivity contribution in [1.82, 2.24) is 10.3 Å². The zero-order valence-electron chi connectivity index (χ0n) is 16.8. The molecule has 2 aromatic rings. The Morgan fingerprint density at radius 3 is 2.97 bits per heavy atom. The minimum atomic E-state index is -0.576. The number of benzene rings is 1. The van der Waals surface area contributed by atoms with E-state index in [0.717, 1.165) is 35.6 Å². The Morgan fingerprint density at radius 2 is 2.24 bits per heavy atom. The summed E-state index contributed by atoms with van der Waals surface area (Å²) in [6, 6.07) is 8.90. The molecule has 154 valence electrons. The van der Waals surface area contributed by atoms with Gasteiger partial charge < -0.3 is 25.8 Å². The van der Waals surface area contributed by atoms with Crippen LogP contribution in [0.25, 0.3) is 5.57 Å². The Hall–Kier alpha value is -2.64. The number of ether oxygens (including phenoxy) is 1. The van der Waals surface area contributed by atoms with Crippen molar-refractivity contribution >= 4 is 11.4 Å². The highest BCUT2D eigenvalue weighted by Gasteiger charge is 2.35. The number of hydrogen-bond acceptors (Lipinski definition) is 6. The first-order valence-electron chi connectivity index (χ1n) is 9.84. The zero-order valence-corrected chi connectivity index (χ0v) is 16.8. The lowest BCUT2D eigenvalue weighted by Crippen LogP contribution is -2.46. The molecule has 2 atom stereocenters. The third-order valence-corrected chi connectivity index (χ3v) is 5.76. The number of nitrogens with zero attached hydrogens (tertiary/aromatic N) is 2. The van der Waals surface area contributed by atoms with E-state index in [0.29, 0.717) is 24.3 Å². The summed E-state index contributed by atoms with van der Waals surface area (Å²) in [6.07, 6.45) is 3.20. The van der Waals surface area contributed by atoms with E-state index in [2.05, 4.69) is 10.2 Å². The van der Waals surface area contributed by atoms with Crippen LogP contribution in [0.4, 0.5) is 10.2 Å². The second kappa shape index (κ2) is 7.65. The molecule has 0 aliphatic carbocycles. The number of halogens is 1. The highest BCUT2D eigenvalue weighted by molar-refractivity contribution is 5.73. The molecule has 2 aliphatic heterocycles. The van der Waals surface area contributed by atoms with Gasteiger partial charge in [0.05, 0.1) is 36.6 Å². The zero-order chi connectivity index (χ0) is 20.6. The Bertz CT molecular complexity index is 948. The highest BCUT2D eigenvalue weighted by atomic mass is 19.1. The summed E-state index contributed by atoms with van der Waals surface area (Å²) >= 11 is 0. The van der Waals surface area contributed by atoms with Crippen LogP contribution in [0.5, 0.6) is 5.75 Å². The number of pyridine rings is 1. The van der Waals surface area contributed by atoms with Gasteiger partial charge in [-0.25, -0.2) is 9.37 Å². The number of hydrogen-bond donors (Lipinski definition) is 3. The summed E-state index contributed by atoms with van der Waals surface area (Å²) in [7, 11) is 1.55. The number of aromatic nitrogens is 1. The number of nitrogens with one attached hydrogen (secondary N) is 1. The highest BCUT2D eigenvalue weighted by Crippen LogP contribution is 2.38. The fourth-order valence-electron chi connectivity index (χ4n) is 4.13. The monoisotopic (exact) mass is 398 g/mol. The Kier molecular flexibility index (Phi) is 5.19. The van der Waals surface area contributed by atoms with Crippen molar-refractivity contribution in [3.8, 4) is 5.75 Å². The maximum Gasteiger partial charge on any atom is 0.134 e. The molecule has 3 heterocycles. The minimum absolute atomic E-state index is 0.0376. The molecule has 0 radical (unpaired) electrons. The van der Waals surface area contributed by atoms with Crippen molar-refractivity contribution in [3.63, 3.8) is 0 Å². The van der Waals surface area contributed by atoms with Crippen LogP contribution in [0, 0.1) is 12.7 Å². The van der Waals surface area contributed by atoms with Gasteiger partial charge in [0, 0.05) is 25.7 Å². The summed E-state index contributed by atoms with van der Waals surface area (Å²) < 4.78 is 19.8. The van der Waals surface area contributed by atoms with Crippen LogP contribution < -0.4 is 20.7 Å². The van der Waals surface area contributed by atoms with E-state index in [4.69, 9.17) is 15.5 Å². The normalized spacial score (nSPS) is 23.8. The number of aryl methyl sites for hydroxylation is 1. The number of nitrogens with two attached hydrogens (primary N) is 1. The molecule has 4 rings (SSSR count). The molecule has 1 fully saturated rings. The van der Waals surface area contributed by atoms with Gasteiger partial charge in [-0.05, 0) is 48.7 Å². The van der Waals surface area contributed by atoms with Crippen LogP contribution in [0.15, 0.2) is 36.5 Å². The third kappa shape index (κ3) is 3.80. The van der Waals surface area contributed by atoms with E-state index in [9.17, 15) is 9.50 Å². The summed E-state index contributed by atoms with van der Waals surface area (Å²) in [6.45, 7) is 3.34. The van der Waals surface area contributed by atoms with E-state index in [1.165, 1.54) is 6.07 Å². The maximum atomic E-state index is 14.5. The van der Waals surface area contributed by atoms with Gasteiger partial charge >= 0.3 is 0 Å². The molecular weight excluding hydrogens is 371 g/mol. The quantitative estimate of drug-likeness (QED) is 0.718. The molecule has 1 aromatic heterocycles. The Labute approximate surface area is 170 Å². The van der Waals surface area contributed by atoms with Gasteiger partial charge in [0.2, 0.25) is 0 Å². The molecule has 1 saturated heterocycles. The standard InChI is InChI=1S/C22H27FN4O2/c1-14-8-18(26-20(9-14)27-7-6-22(24,12-27)13-28)17-10-15(11-25-17)21-16(23)4-3-5-19(21)29-2/h3-5,8-9,11,17,25,28H,6-7,10,12-13,24H2,1-2H3. The lowest BCUT2D eigenvalue weighted by atomic mass is 9.99. The number of anilines is 1. The smallest absolute Gasteiger partial charge is 0.134 e. The first-order chi connectivity index (χ1) is 13.9. The fraction of sp³-hybridized carbons (Fsp3) is 0.409. The number of aliphatic hydroxyl groups is 1. The molecule has 4 N–H and O–H groups in total. The molecule has 0 spiro atoms. The molecule has 7 heteroatoms. The molecule has 0 amide bonds. The molecular formula is C22H27FN4O2. The predicted molar refractivity (Wildman–Crippen MR) is 111 cm³/mol. The van der Waals surface area contributed by atoms with E-state index in [-0.39, 0.29) is 18.5 Å². The van der Waals surface area contributed by atoms with Crippen LogP contribution >= 0.6 is 0 Å². The van der Waals surface area contributed by atoms with E-state index < -0.39 is 5.54 Å². The lowest BCUT2D eigenvalue weighted by Gasteiger charge is -2.24. The van der Waals surface area contributed by atoms with Gasteiger partial charge in [0.15, 0.2) is 0 Å². The molecule has 6 nitrogen and oxygen atoms in total. The Morgan fingerprint density at radius 1 is 1.41 bits per heavy atom. The van der Waals surface area contributed by atoms with Crippen LogP contribution in [-0.4, -0.2) is 42.4 Å². The third-order valence-electron chi connectivity index (χ3n) is 5.76. The summed E-state index contributed by atoms with van der Waals surface area (Å²) in [4.78, 5) is 6.98. The number of methoxy groups -OCH3 is 1. The van der Waals surface area contributed by atoms with Crippen LogP contribution in [-0.2, 0) is 0 Å².